The normalized spacial score (nSPS) is 11.9. The highest BCUT2D eigenvalue weighted by Crippen LogP contribution is 2.41. The largest absolute Gasteiger partial charge is 0.494 e. The lowest BCUT2D eigenvalue weighted by atomic mass is 10.1. The number of H-pyrrole nitrogens is 1. The van der Waals surface area contributed by atoms with Crippen molar-refractivity contribution in [3.63, 3.8) is 0 Å². The Morgan fingerprint density at radius 3 is 2.57 bits per heavy atom. The number of hydrogen-bond donors (Lipinski definition) is 3. The molecule has 0 unspecified atom stereocenters. The lowest BCUT2D eigenvalue weighted by molar-refractivity contribution is 0.460. The third-order valence-electron chi connectivity index (χ3n) is 4.76. The molecule has 0 saturated carbocycles. The van der Waals surface area contributed by atoms with Gasteiger partial charge in [0, 0.05) is 16.6 Å². The number of rotatable bonds is 5. The van der Waals surface area contributed by atoms with Crippen LogP contribution in [0.15, 0.2) is 72.8 Å². The number of para-hydroxylation sites is 1. The molecule has 0 bridgehead atoms. The van der Waals surface area contributed by atoms with Crippen LogP contribution < -0.4 is 4.72 Å². The maximum Gasteiger partial charge on any atom is 0.236 e. The van der Waals surface area contributed by atoms with E-state index in [1.807, 2.05) is 42.5 Å². The predicted octanol–water partition coefficient (Wildman–Crippen LogP) is 5.09. The first-order valence-electron chi connectivity index (χ1n) is 9.23. The van der Waals surface area contributed by atoms with Gasteiger partial charge in [-0.2, -0.15) is 0 Å². The molecule has 5 rings (SSSR count). The van der Waals surface area contributed by atoms with Crippen molar-refractivity contribution in [2.75, 3.05) is 4.72 Å². The summed E-state index contributed by atoms with van der Waals surface area (Å²) in [6, 6.07) is 21.9. The third kappa shape index (κ3) is 3.51. The van der Waals surface area contributed by atoms with Gasteiger partial charge in [-0.25, -0.2) is 13.4 Å². The quantitative estimate of drug-likeness (QED) is 0.358. The van der Waals surface area contributed by atoms with Crippen molar-refractivity contribution >= 4 is 48.2 Å². The number of anilines is 1. The van der Waals surface area contributed by atoms with Crippen LogP contribution in [0, 0.1) is 0 Å². The summed E-state index contributed by atoms with van der Waals surface area (Å²) < 4.78 is 28.9. The van der Waals surface area contributed by atoms with Crippen molar-refractivity contribution in [1.29, 1.82) is 0 Å². The summed E-state index contributed by atoms with van der Waals surface area (Å²) in [5.41, 5.74) is 3.26. The molecule has 2 aromatic heterocycles. The molecular formula is C22H17N3O3S2. The number of sulfonamides is 1. The number of nitrogens with one attached hydrogen (secondary N) is 2. The summed E-state index contributed by atoms with van der Waals surface area (Å²) >= 11 is 1.48. The minimum atomic E-state index is -3.58. The first-order valence-corrected chi connectivity index (χ1v) is 11.7. The highest BCUT2D eigenvalue weighted by atomic mass is 32.2. The lowest BCUT2D eigenvalue weighted by Gasteiger charge is -2.08. The Bertz CT molecular complexity index is 1440. The van der Waals surface area contributed by atoms with E-state index in [4.69, 9.17) is 0 Å². The van der Waals surface area contributed by atoms with Crippen LogP contribution in [0.5, 0.6) is 5.88 Å². The van der Waals surface area contributed by atoms with E-state index < -0.39 is 10.0 Å². The van der Waals surface area contributed by atoms with Crippen LogP contribution in [0.4, 0.5) is 5.69 Å². The second kappa shape index (κ2) is 7.16. The van der Waals surface area contributed by atoms with Gasteiger partial charge >= 0.3 is 0 Å². The van der Waals surface area contributed by atoms with Crippen molar-refractivity contribution in [3.05, 3.63) is 78.4 Å². The zero-order chi connectivity index (χ0) is 20.7. The standard InChI is InChI=1S/C22H17N3O3S2/c26-21-20(22-24-18-8-4-5-9-19(18)29-22)16-12-15(10-11-17(16)23-21)25-30(27,28)13-14-6-2-1-3-7-14/h1-12,23,25-26H,13H2. The van der Waals surface area contributed by atoms with Gasteiger partial charge in [0.1, 0.15) is 5.01 Å². The summed E-state index contributed by atoms with van der Waals surface area (Å²) in [6.07, 6.45) is 0. The zero-order valence-corrected chi connectivity index (χ0v) is 17.3. The topological polar surface area (TPSA) is 95.1 Å². The summed E-state index contributed by atoms with van der Waals surface area (Å²) in [5.74, 6) is -0.108. The molecule has 5 aromatic rings. The Morgan fingerprint density at radius 2 is 1.77 bits per heavy atom. The molecule has 0 spiro atoms. The van der Waals surface area contributed by atoms with Crippen LogP contribution in [0.2, 0.25) is 0 Å². The predicted molar refractivity (Wildman–Crippen MR) is 121 cm³/mol. The van der Waals surface area contributed by atoms with Crippen LogP contribution >= 0.6 is 11.3 Å². The molecule has 6 nitrogen and oxygen atoms in total. The zero-order valence-electron chi connectivity index (χ0n) is 15.7. The highest BCUT2D eigenvalue weighted by molar-refractivity contribution is 7.91. The fourth-order valence-corrected chi connectivity index (χ4v) is 5.66. The summed E-state index contributed by atoms with van der Waals surface area (Å²) in [5, 5.41) is 11.9. The third-order valence-corrected chi connectivity index (χ3v) is 7.07. The van der Waals surface area contributed by atoms with Gasteiger partial charge in [0.25, 0.3) is 0 Å². The Balaban J connectivity index is 1.53. The smallest absolute Gasteiger partial charge is 0.236 e. The van der Waals surface area contributed by atoms with E-state index in [2.05, 4.69) is 14.7 Å². The SMILES string of the molecule is O=S(=O)(Cc1ccccc1)Nc1ccc2[nH]c(O)c(-c3nc4ccccc4s3)c2c1. The van der Waals surface area contributed by atoms with Crippen molar-refractivity contribution in [2.45, 2.75) is 5.75 Å². The first kappa shape index (κ1) is 18.7. The molecule has 8 heteroatoms. The minimum absolute atomic E-state index is 0.00773. The summed E-state index contributed by atoms with van der Waals surface area (Å²) in [6.45, 7) is 0. The van der Waals surface area contributed by atoms with Gasteiger partial charge in [-0.05, 0) is 35.9 Å². The van der Waals surface area contributed by atoms with Crippen molar-refractivity contribution < 1.29 is 13.5 Å². The first-order chi connectivity index (χ1) is 14.5. The molecular weight excluding hydrogens is 418 g/mol. The Hall–Kier alpha value is -3.36. The van der Waals surface area contributed by atoms with Gasteiger partial charge in [-0.1, -0.05) is 42.5 Å². The average Bonchev–Trinajstić information content (AvgIpc) is 3.27. The number of aromatic hydroxyl groups is 1. The molecule has 2 heterocycles. The average molecular weight is 436 g/mol. The van der Waals surface area contributed by atoms with Crippen LogP contribution in [-0.4, -0.2) is 23.5 Å². The molecule has 0 aliphatic heterocycles. The van der Waals surface area contributed by atoms with E-state index in [0.717, 1.165) is 10.2 Å². The number of thiazole rings is 1. The van der Waals surface area contributed by atoms with Gasteiger partial charge in [0.2, 0.25) is 10.0 Å². The fourth-order valence-electron chi connectivity index (χ4n) is 3.45. The molecule has 0 amide bonds. The van der Waals surface area contributed by atoms with Crippen LogP contribution in [0.3, 0.4) is 0 Å². The molecule has 3 aromatic carbocycles. The molecule has 0 saturated heterocycles. The molecule has 30 heavy (non-hydrogen) atoms. The van der Waals surface area contributed by atoms with E-state index in [9.17, 15) is 13.5 Å². The Labute approximate surface area is 176 Å². The minimum Gasteiger partial charge on any atom is -0.494 e. The van der Waals surface area contributed by atoms with E-state index in [1.165, 1.54) is 11.3 Å². The van der Waals surface area contributed by atoms with Crippen molar-refractivity contribution in [2.24, 2.45) is 0 Å². The lowest BCUT2D eigenvalue weighted by Crippen LogP contribution is -2.14. The second-order valence-electron chi connectivity index (χ2n) is 6.94. The van der Waals surface area contributed by atoms with Gasteiger partial charge in [0.05, 0.1) is 21.5 Å². The van der Waals surface area contributed by atoms with Gasteiger partial charge < -0.3 is 10.1 Å². The number of benzene rings is 3. The molecule has 0 aliphatic carbocycles. The molecule has 3 N–H and O–H groups in total. The molecule has 0 fully saturated rings. The van der Waals surface area contributed by atoms with Gasteiger partial charge in [-0.15, -0.1) is 11.3 Å². The van der Waals surface area contributed by atoms with Crippen LogP contribution in [0.25, 0.3) is 31.7 Å². The number of aromatic amines is 1. The van der Waals surface area contributed by atoms with E-state index in [0.29, 0.717) is 32.7 Å². The maximum absolute atomic E-state index is 12.6. The summed E-state index contributed by atoms with van der Waals surface area (Å²) in [4.78, 5) is 7.57. The Morgan fingerprint density at radius 1 is 1.00 bits per heavy atom. The van der Waals surface area contributed by atoms with Gasteiger partial charge in [-0.3, -0.25) is 4.72 Å². The molecule has 0 aliphatic rings. The summed E-state index contributed by atoms with van der Waals surface area (Å²) in [7, 11) is -3.58. The Kier molecular flexibility index (Phi) is 4.45. The maximum atomic E-state index is 12.6. The second-order valence-corrected chi connectivity index (χ2v) is 9.70. The fraction of sp³-hybridized carbons (Fsp3) is 0.0455. The van der Waals surface area contributed by atoms with E-state index in [1.54, 1.807) is 30.3 Å². The highest BCUT2D eigenvalue weighted by Gasteiger charge is 2.18. The van der Waals surface area contributed by atoms with E-state index >= 15 is 0 Å². The van der Waals surface area contributed by atoms with Crippen molar-refractivity contribution in [3.8, 4) is 16.5 Å². The number of fused-ring (bicyclic) bond motifs is 2. The molecule has 150 valence electrons. The molecule has 0 radical (unpaired) electrons. The number of nitrogens with zero attached hydrogens (tertiary/aromatic N) is 1. The van der Waals surface area contributed by atoms with Crippen LogP contribution in [-0.2, 0) is 15.8 Å². The van der Waals surface area contributed by atoms with Crippen LogP contribution in [0.1, 0.15) is 5.56 Å². The molecule has 0 atom stereocenters. The number of hydrogen-bond acceptors (Lipinski definition) is 5. The van der Waals surface area contributed by atoms with Gasteiger partial charge in [0.15, 0.2) is 5.88 Å². The van der Waals surface area contributed by atoms with E-state index in [-0.39, 0.29) is 11.6 Å². The number of aromatic nitrogens is 2. The van der Waals surface area contributed by atoms with Crippen molar-refractivity contribution in [1.82, 2.24) is 9.97 Å². The monoisotopic (exact) mass is 435 g/mol.